The molecule has 7 heteroatoms. The van der Waals surface area contributed by atoms with Crippen molar-refractivity contribution in [1.29, 1.82) is 0 Å². The SMILES string of the molecule is O=C(NCc1ccc(N2CCOCC2)nc1)c1ccc(Oc2ccc(F)cc2)cc1. The third kappa shape index (κ3) is 5.12. The Labute approximate surface area is 174 Å². The number of nitrogens with zero attached hydrogens (tertiary/aromatic N) is 2. The summed E-state index contributed by atoms with van der Waals surface area (Å²) in [5.41, 5.74) is 1.45. The molecule has 1 aliphatic rings. The van der Waals surface area contributed by atoms with Crippen LogP contribution in [0.4, 0.5) is 10.2 Å². The molecule has 0 unspecified atom stereocenters. The van der Waals surface area contributed by atoms with Crippen molar-refractivity contribution in [1.82, 2.24) is 10.3 Å². The highest BCUT2D eigenvalue weighted by Crippen LogP contribution is 2.22. The molecule has 3 aromatic rings. The number of morpholine rings is 1. The maximum atomic E-state index is 13.0. The number of nitrogens with one attached hydrogen (secondary N) is 1. The molecule has 4 rings (SSSR count). The van der Waals surface area contributed by atoms with Crippen molar-refractivity contribution < 1.29 is 18.7 Å². The molecule has 0 radical (unpaired) electrons. The van der Waals surface area contributed by atoms with Crippen LogP contribution in [0.15, 0.2) is 66.9 Å². The Hall–Kier alpha value is -3.45. The highest BCUT2D eigenvalue weighted by Gasteiger charge is 2.12. The lowest BCUT2D eigenvalue weighted by Crippen LogP contribution is -2.36. The first-order chi connectivity index (χ1) is 14.7. The first-order valence-electron chi connectivity index (χ1n) is 9.77. The predicted octanol–water partition coefficient (Wildman–Crippen LogP) is 3.78. The summed E-state index contributed by atoms with van der Waals surface area (Å²) in [7, 11) is 0. The van der Waals surface area contributed by atoms with Crippen molar-refractivity contribution in [2.75, 3.05) is 31.2 Å². The first-order valence-corrected chi connectivity index (χ1v) is 9.77. The summed E-state index contributed by atoms with van der Waals surface area (Å²) in [4.78, 5) is 19.1. The van der Waals surface area contributed by atoms with E-state index in [1.54, 1.807) is 42.6 Å². The van der Waals surface area contributed by atoms with Crippen LogP contribution in [0, 0.1) is 5.82 Å². The van der Waals surface area contributed by atoms with E-state index in [1.807, 2.05) is 12.1 Å². The average Bonchev–Trinajstić information content (AvgIpc) is 2.80. The number of carbonyl (C=O) groups excluding carboxylic acids is 1. The van der Waals surface area contributed by atoms with Crippen LogP contribution >= 0.6 is 0 Å². The standard InChI is InChI=1S/C23H22FN3O3/c24-19-4-8-21(9-5-19)30-20-6-2-18(3-7-20)23(28)26-16-17-1-10-22(25-15-17)27-11-13-29-14-12-27/h1-10,15H,11-14,16H2,(H,26,28). The molecule has 30 heavy (non-hydrogen) atoms. The van der Waals surface area contributed by atoms with Crippen molar-refractivity contribution in [2.24, 2.45) is 0 Å². The number of rotatable bonds is 6. The van der Waals surface area contributed by atoms with E-state index in [0.29, 0.717) is 36.8 Å². The van der Waals surface area contributed by atoms with Gasteiger partial charge in [0.05, 0.1) is 13.2 Å². The van der Waals surface area contributed by atoms with Gasteiger partial charge in [-0.2, -0.15) is 0 Å². The van der Waals surface area contributed by atoms with Crippen LogP contribution in [0.25, 0.3) is 0 Å². The van der Waals surface area contributed by atoms with Gasteiger partial charge < -0.3 is 19.7 Å². The van der Waals surface area contributed by atoms with Crippen LogP contribution in [0.1, 0.15) is 15.9 Å². The number of anilines is 1. The number of pyridine rings is 1. The average molecular weight is 407 g/mol. The second-order valence-corrected chi connectivity index (χ2v) is 6.89. The van der Waals surface area contributed by atoms with Crippen molar-refractivity contribution >= 4 is 11.7 Å². The maximum Gasteiger partial charge on any atom is 0.251 e. The van der Waals surface area contributed by atoms with Gasteiger partial charge in [0.15, 0.2) is 0 Å². The lowest BCUT2D eigenvalue weighted by atomic mass is 10.2. The minimum Gasteiger partial charge on any atom is -0.457 e. The summed E-state index contributed by atoms with van der Waals surface area (Å²) in [6, 6.07) is 16.5. The van der Waals surface area contributed by atoms with E-state index in [1.165, 1.54) is 12.1 Å². The Kier molecular flexibility index (Phi) is 6.20. The molecule has 0 spiro atoms. The first kappa shape index (κ1) is 19.8. The minimum absolute atomic E-state index is 0.180. The molecule has 1 aromatic heterocycles. The number of carbonyl (C=O) groups is 1. The van der Waals surface area contributed by atoms with E-state index in [4.69, 9.17) is 9.47 Å². The quantitative estimate of drug-likeness (QED) is 0.674. The summed E-state index contributed by atoms with van der Waals surface area (Å²) in [5, 5.41) is 2.89. The van der Waals surface area contributed by atoms with Crippen molar-refractivity contribution in [3.8, 4) is 11.5 Å². The fourth-order valence-electron chi connectivity index (χ4n) is 3.10. The molecule has 1 amide bonds. The summed E-state index contributed by atoms with van der Waals surface area (Å²) in [5.74, 6) is 1.52. The molecule has 1 N–H and O–H groups in total. The van der Waals surface area contributed by atoms with E-state index in [9.17, 15) is 9.18 Å². The van der Waals surface area contributed by atoms with E-state index >= 15 is 0 Å². The van der Waals surface area contributed by atoms with Crippen LogP contribution in [-0.2, 0) is 11.3 Å². The highest BCUT2D eigenvalue weighted by molar-refractivity contribution is 5.94. The summed E-state index contributed by atoms with van der Waals surface area (Å²) >= 11 is 0. The smallest absolute Gasteiger partial charge is 0.251 e. The molecule has 0 atom stereocenters. The number of hydrogen-bond acceptors (Lipinski definition) is 5. The minimum atomic E-state index is -0.319. The van der Waals surface area contributed by atoms with Crippen LogP contribution in [0.2, 0.25) is 0 Å². The summed E-state index contributed by atoms with van der Waals surface area (Å²) < 4.78 is 24.0. The van der Waals surface area contributed by atoms with Gasteiger partial charge in [0.25, 0.3) is 5.91 Å². The molecule has 1 aliphatic heterocycles. The summed E-state index contributed by atoms with van der Waals surface area (Å²) in [6.07, 6.45) is 1.78. The van der Waals surface area contributed by atoms with Crippen LogP contribution in [0.3, 0.4) is 0 Å². The number of ether oxygens (including phenoxy) is 2. The van der Waals surface area contributed by atoms with Gasteiger partial charge in [0.2, 0.25) is 0 Å². The molecular formula is C23H22FN3O3. The van der Waals surface area contributed by atoms with Gasteiger partial charge in [0, 0.05) is 31.4 Å². The Bertz CT molecular complexity index is 970. The largest absolute Gasteiger partial charge is 0.457 e. The Morgan fingerprint density at radius 2 is 1.67 bits per heavy atom. The Morgan fingerprint density at radius 1 is 1.00 bits per heavy atom. The molecule has 2 heterocycles. The summed E-state index contributed by atoms with van der Waals surface area (Å²) in [6.45, 7) is 3.50. The van der Waals surface area contributed by atoms with Crippen molar-refractivity contribution in [2.45, 2.75) is 6.54 Å². The van der Waals surface area contributed by atoms with Crippen molar-refractivity contribution in [3.05, 3.63) is 83.8 Å². The molecular weight excluding hydrogens is 385 g/mol. The van der Waals surface area contributed by atoms with Gasteiger partial charge in [-0.05, 0) is 60.2 Å². The van der Waals surface area contributed by atoms with Crippen LogP contribution in [-0.4, -0.2) is 37.2 Å². The highest BCUT2D eigenvalue weighted by atomic mass is 19.1. The van der Waals surface area contributed by atoms with Gasteiger partial charge in [-0.3, -0.25) is 4.79 Å². The number of aromatic nitrogens is 1. The molecule has 0 saturated carbocycles. The third-order valence-corrected chi connectivity index (χ3v) is 4.76. The second kappa shape index (κ2) is 9.37. The Morgan fingerprint density at radius 3 is 2.30 bits per heavy atom. The number of hydrogen-bond donors (Lipinski definition) is 1. The fraction of sp³-hybridized carbons (Fsp3) is 0.217. The van der Waals surface area contributed by atoms with E-state index in [0.717, 1.165) is 24.5 Å². The number of amides is 1. The topological polar surface area (TPSA) is 63.7 Å². The van der Waals surface area contributed by atoms with E-state index in [-0.39, 0.29) is 11.7 Å². The number of halogens is 1. The molecule has 2 aromatic carbocycles. The zero-order valence-corrected chi connectivity index (χ0v) is 16.4. The van der Waals surface area contributed by atoms with Gasteiger partial charge in [0.1, 0.15) is 23.1 Å². The van der Waals surface area contributed by atoms with Crippen molar-refractivity contribution in [3.63, 3.8) is 0 Å². The molecule has 154 valence electrons. The van der Waals surface area contributed by atoms with Crippen LogP contribution < -0.4 is 15.0 Å². The third-order valence-electron chi connectivity index (χ3n) is 4.76. The van der Waals surface area contributed by atoms with Crippen LogP contribution in [0.5, 0.6) is 11.5 Å². The zero-order valence-electron chi connectivity index (χ0n) is 16.4. The van der Waals surface area contributed by atoms with Gasteiger partial charge in [-0.15, -0.1) is 0 Å². The molecule has 0 aliphatic carbocycles. The zero-order chi connectivity index (χ0) is 20.8. The van der Waals surface area contributed by atoms with E-state index < -0.39 is 0 Å². The molecule has 1 fully saturated rings. The van der Waals surface area contributed by atoms with Gasteiger partial charge in [-0.1, -0.05) is 6.07 Å². The fourth-order valence-corrected chi connectivity index (χ4v) is 3.10. The second-order valence-electron chi connectivity index (χ2n) is 6.89. The van der Waals surface area contributed by atoms with Gasteiger partial charge in [-0.25, -0.2) is 9.37 Å². The predicted molar refractivity (Wildman–Crippen MR) is 111 cm³/mol. The monoisotopic (exact) mass is 407 g/mol. The molecule has 6 nitrogen and oxygen atoms in total. The lowest BCUT2D eigenvalue weighted by molar-refractivity contribution is 0.0951. The lowest BCUT2D eigenvalue weighted by Gasteiger charge is -2.27. The van der Waals surface area contributed by atoms with E-state index in [2.05, 4.69) is 15.2 Å². The van der Waals surface area contributed by atoms with Gasteiger partial charge >= 0.3 is 0 Å². The Balaban J connectivity index is 1.29. The molecule has 1 saturated heterocycles. The maximum absolute atomic E-state index is 13.0. The normalized spacial score (nSPS) is 13.7. The number of benzene rings is 2. The molecule has 0 bridgehead atoms.